The second kappa shape index (κ2) is 4.31. The Balaban J connectivity index is 2.64. The minimum Gasteiger partial charge on any atom is -0.313 e. The predicted molar refractivity (Wildman–Crippen MR) is 53.4 cm³/mol. The molecule has 0 aromatic rings. The lowest BCUT2D eigenvalue weighted by Gasteiger charge is -2.36. The number of hydrogen-bond donors (Lipinski definition) is 2. The van der Waals surface area contributed by atoms with Crippen LogP contribution in [0.1, 0.15) is 13.3 Å². The second-order valence-electron chi connectivity index (χ2n) is 3.98. The van der Waals surface area contributed by atoms with Gasteiger partial charge in [-0.15, -0.1) is 0 Å². The number of alkyl halides is 2. The monoisotopic (exact) mass is 242 g/mol. The Bertz CT molecular complexity index is 319. The first-order valence-electron chi connectivity index (χ1n) is 4.78. The van der Waals surface area contributed by atoms with E-state index in [2.05, 4.69) is 10.0 Å². The molecule has 2 unspecified atom stereocenters. The van der Waals surface area contributed by atoms with Crippen molar-refractivity contribution in [2.24, 2.45) is 5.92 Å². The highest BCUT2D eigenvalue weighted by molar-refractivity contribution is 7.88. The first-order chi connectivity index (χ1) is 6.72. The van der Waals surface area contributed by atoms with Crippen LogP contribution in [0.5, 0.6) is 0 Å². The van der Waals surface area contributed by atoms with E-state index in [0.29, 0.717) is 0 Å². The first kappa shape index (κ1) is 12.8. The Morgan fingerprint density at radius 1 is 1.53 bits per heavy atom. The van der Waals surface area contributed by atoms with Crippen molar-refractivity contribution >= 4 is 10.0 Å². The molecule has 0 amide bonds. The van der Waals surface area contributed by atoms with Crippen LogP contribution in [0.4, 0.5) is 8.78 Å². The smallest absolute Gasteiger partial charge is 0.254 e. The summed E-state index contributed by atoms with van der Waals surface area (Å²) in [5.74, 6) is -3.79. The van der Waals surface area contributed by atoms with E-state index in [9.17, 15) is 17.2 Å². The summed E-state index contributed by atoms with van der Waals surface area (Å²) in [6, 6.07) is -0.386. The van der Waals surface area contributed by atoms with E-state index in [4.69, 9.17) is 0 Å². The lowest BCUT2D eigenvalue weighted by molar-refractivity contribution is -0.0898. The highest BCUT2D eigenvalue weighted by atomic mass is 32.2. The van der Waals surface area contributed by atoms with E-state index >= 15 is 0 Å². The van der Waals surface area contributed by atoms with Crippen molar-refractivity contribution in [3.8, 4) is 0 Å². The van der Waals surface area contributed by atoms with Crippen molar-refractivity contribution in [2.75, 3.05) is 19.3 Å². The molecule has 1 aliphatic heterocycles. The molecule has 2 atom stereocenters. The van der Waals surface area contributed by atoms with Crippen LogP contribution in [0.3, 0.4) is 0 Å². The molecule has 1 aliphatic rings. The van der Waals surface area contributed by atoms with Gasteiger partial charge in [-0.1, -0.05) is 0 Å². The SMILES string of the molecule is CC1NCCC(F)(F)C1CNS(C)(=O)=O. The Kier molecular flexibility index (Phi) is 3.67. The summed E-state index contributed by atoms with van der Waals surface area (Å²) in [7, 11) is -3.41. The maximum Gasteiger partial charge on any atom is 0.254 e. The summed E-state index contributed by atoms with van der Waals surface area (Å²) in [6.07, 6.45) is 0.722. The fourth-order valence-electron chi connectivity index (χ4n) is 1.73. The first-order valence-corrected chi connectivity index (χ1v) is 6.67. The van der Waals surface area contributed by atoms with Crippen LogP contribution in [0.2, 0.25) is 0 Å². The summed E-state index contributed by atoms with van der Waals surface area (Å²) >= 11 is 0. The molecule has 1 fully saturated rings. The van der Waals surface area contributed by atoms with E-state index in [1.807, 2.05) is 0 Å². The molecule has 0 spiro atoms. The minimum atomic E-state index is -3.41. The Morgan fingerprint density at radius 3 is 2.60 bits per heavy atom. The summed E-state index contributed by atoms with van der Waals surface area (Å²) in [5.41, 5.74) is 0. The molecule has 7 heteroatoms. The molecule has 0 aromatic heterocycles. The van der Waals surface area contributed by atoms with Gasteiger partial charge in [0.2, 0.25) is 10.0 Å². The number of sulfonamides is 1. The number of halogens is 2. The van der Waals surface area contributed by atoms with Gasteiger partial charge in [0, 0.05) is 25.6 Å². The topological polar surface area (TPSA) is 58.2 Å². The number of piperidine rings is 1. The second-order valence-corrected chi connectivity index (χ2v) is 5.81. The largest absolute Gasteiger partial charge is 0.313 e. The molecule has 15 heavy (non-hydrogen) atoms. The van der Waals surface area contributed by atoms with Crippen molar-refractivity contribution < 1.29 is 17.2 Å². The third-order valence-corrected chi connectivity index (χ3v) is 3.33. The lowest BCUT2D eigenvalue weighted by atomic mass is 9.88. The summed E-state index contributed by atoms with van der Waals surface area (Å²) in [6.45, 7) is 1.69. The van der Waals surface area contributed by atoms with Gasteiger partial charge in [0.15, 0.2) is 0 Å². The maximum atomic E-state index is 13.4. The van der Waals surface area contributed by atoms with Crippen molar-refractivity contribution in [3.63, 3.8) is 0 Å². The van der Waals surface area contributed by atoms with Crippen molar-refractivity contribution in [2.45, 2.75) is 25.3 Å². The van der Waals surface area contributed by atoms with Gasteiger partial charge in [-0.25, -0.2) is 21.9 Å². The van der Waals surface area contributed by atoms with Gasteiger partial charge in [0.05, 0.1) is 12.2 Å². The van der Waals surface area contributed by atoms with Gasteiger partial charge in [0.25, 0.3) is 5.92 Å². The zero-order valence-corrected chi connectivity index (χ0v) is 9.57. The lowest BCUT2D eigenvalue weighted by Crippen LogP contribution is -2.54. The highest BCUT2D eigenvalue weighted by Gasteiger charge is 2.45. The van der Waals surface area contributed by atoms with E-state index < -0.39 is 21.9 Å². The minimum absolute atomic E-state index is 0.222. The molecular formula is C8H16F2N2O2S. The van der Waals surface area contributed by atoms with E-state index in [-0.39, 0.29) is 25.6 Å². The fourth-order valence-corrected chi connectivity index (χ4v) is 2.21. The molecule has 0 bridgehead atoms. The van der Waals surface area contributed by atoms with Crippen LogP contribution in [-0.2, 0) is 10.0 Å². The van der Waals surface area contributed by atoms with E-state index in [1.54, 1.807) is 6.92 Å². The molecular weight excluding hydrogens is 226 g/mol. The number of nitrogens with one attached hydrogen (secondary N) is 2. The normalized spacial score (nSPS) is 31.5. The standard InChI is InChI=1S/C8H16F2N2O2S/c1-6-7(5-12-15(2,13)14)8(9,10)3-4-11-6/h6-7,11-12H,3-5H2,1-2H3. The number of hydrogen-bond acceptors (Lipinski definition) is 3. The van der Waals surface area contributed by atoms with E-state index in [1.165, 1.54) is 0 Å². The molecule has 0 radical (unpaired) electrons. The zero-order valence-electron chi connectivity index (χ0n) is 8.76. The number of rotatable bonds is 3. The molecule has 1 rings (SSSR count). The fraction of sp³-hybridized carbons (Fsp3) is 1.00. The predicted octanol–water partition coefficient (Wildman–Crippen LogP) is 0.169. The van der Waals surface area contributed by atoms with Gasteiger partial charge in [-0.05, 0) is 6.92 Å². The molecule has 0 aliphatic carbocycles. The quantitative estimate of drug-likeness (QED) is 0.741. The Hall–Kier alpha value is -0.270. The Morgan fingerprint density at radius 2 is 2.13 bits per heavy atom. The van der Waals surface area contributed by atoms with E-state index in [0.717, 1.165) is 6.26 Å². The van der Waals surface area contributed by atoms with Crippen LogP contribution >= 0.6 is 0 Å². The summed E-state index contributed by atoms with van der Waals surface area (Å²) in [5, 5.41) is 2.91. The zero-order chi connectivity index (χ0) is 11.7. The van der Waals surface area contributed by atoms with Crippen molar-refractivity contribution in [3.05, 3.63) is 0 Å². The Labute approximate surface area is 88.5 Å². The molecule has 1 heterocycles. The highest BCUT2D eigenvalue weighted by Crippen LogP contribution is 2.33. The molecule has 0 aromatic carbocycles. The van der Waals surface area contributed by atoms with Gasteiger partial charge >= 0.3 is 0 Å². The molecule has 4 nitrogen and oxygen atoms in total. The van der Waals surface area contributed by atoms with Crippen LogP contribution in [-0.4, -0.2) is 39.7 Å². The molecule has 0 saturated carbocycles. The average molecular weight is 242 g/mol. The molecule has 2 N–H and O–H groups in total. The van der Waals surface area contributed by atoms with Crippen LogP contribution in [0, 0.1) is 5.92 Å². The van der Waals surface area contributed by atoms with Gasteiger partial charge < -0.3 is 5.32 Å². The van der Waals surface area contributed by atoms with Crippen molar-refractivity contribution in [1.29, 1.82) is 0 Å². The third-order valence-electron chi connectivity index (χ3n) is 2.64. The van der Waals surface area contributed by atoms with Crippen molar-refractivity contribution in [1.82, 2.24) is 10.0 Å². The molecule has 1 saturated heterocycles. The maximum absolute atomic E-state index is 13.4. The van der Waals surface area contributed by atoms with Crippen LogP contribution < -0.4 is 10.0 Å². The third kappa shape index (κ3) is 3.66. The molecule has 90 valence electrons. The van der Waals surface area contributed by atoms with Crippen LogP contribution in [0.15, 0.2) is 0 Å². The van der Waals surface area contributed by atoms with Gasteiger partial charge in [0.1, 0.15) is 0 Å². The van der Waals surface area contributed by atoms with Gasteiger partial charge in [-0.2, -0.15) is 0 Å². The van der Waals surface area contributed by atoms with Gasteiger partial charge in [-0.3, -0.25) is 0 Å². The summed E-state index contributed by atoms with van der Waals surface area (Å²) in [4.78, 5) is 0. The average Bonchev–Trinajstić information content (AvgIpc) is 1.99. The van der Waals surface area contributed by atoms with Crippen LogP contribution in [0.25, 0.3) is 0 Å². The summed E-state index contributed by atoms with van der Waals surface area (Å²) < 4.78 is 50.6.